The Morgan fingerprint density at radius 1 is 1.26 bits per heavy atom. The van der Waals surface area contributed by atoms with Crippen LogP contribution in [0.2, 0.25) is 5.28 Å². The van der Waals surface area contributed by atoms with Gasteiger partial charge >= 0.3 is 22.4 Å². The molecule has 0 aliphatic rings. The molecule has 13 nitrogen and oxygen atoms in total. The lowest BCUT2D eigenvalue weighted by molar-refractivity contribution is 0.0216. The predicted molar refractivity (Wildman–Crippen MR) is 124 cm³/mol. The lowest BCUT2D eigenvalue weighted by atomic mass is 10.2. The second-order valence-corrected chi connectivity index (χ2v) is 9.91. The summed E-state index contributed by atoms with van der Waals surface area (Å²) in [5.74, 6) is -0.843. The molecule has 0 aliphatic carbocycles. The molecule has 2 heterocycles. The van der Waals surface area contributed by atoms with Crippen molar-refractivity contribution in [1.82, 2.24) is 24.2 Å². The summed E-state index contributed by atoms with van der Waals surface area (Å²) in [5.41, 5.74) is 0.363. The smallest absolute Gasteiger partial charge is 0.460 e. The molecule has 2 aromatic heterocycles. The fourth-order valence-corrected chi connectivity index (χ4v) is 3.80. The van der Waals surface area contributed by atoms with Crippen molar-refractivity contribution >= 4 is 34.0 Å². The van der Waals surface area contributed by atoms with Gasteiger partial charge in [0.15, 0.2) is 0 Å². The Labute approximate surface area is 208 Å². The highest BCUT2D eigenvalue weighted by Crippen LogP contribution is 2.22. The second kappa shape index (κ2) is 11.7. The molecule has 0 fully saturated rings. The van der Waals surface area contributed by atoms with Gasteiger partial charge < -0.3 is 18.8 Å². The van der Waals surface area contributed by atoms with Crippen molar-refractivity contribution < 1.29 is 36.4 Å². The molecule has 0 saturated heterocycles. The molecule has 0 spiro atoms. The summed E-state index contributed by atoms with van der Waals surface area (Å²) in [6, 6.07) is -0.974. The van der Waals surface area contributed by atoms with Crippen LogP contribution >= 0.6 is 11.6 Å². The van der Waals surface area contributed by atoms with Crippen LogP contribution in [0.25, 0.3) is 11.4 Å². The van der Waals surface area contributed by atoms with Gasteiger partial charge in [0, 0.05) is 26.0 Å². The minimum absolute atomic E-state index is 0.0119. The van der Waals surface area contributed by atoms with Crippen LogP contribution in [-0.4, -0.2) is 72.0 Å². The number of nitrogens with zero attached hydrogens (tertiary/aromatic N) is 4. The Bertz CT molecular complexity index is 1160. The zero-order valence-electron chi connectivity index (χ0n) is 20.2. The molecule has 35 heavy (non-hydrogen) atoms. The number of methoxy groups -OCH3 is 1. The molecule has 194 valence electrons. The van der Waals surface area contributed by atoms with Crippen LogP contribution in [0.1, 0.15) is 43.9 Å². The highest BCUT2D eigenvalue weighted by Gasteiger charge is 2.28. The molecule has 0 aromatic carbocycles. The highest BCUT2D eigenvalue weighted by atomic mass is 35.5. The van der Waals surface area contributed by atoms with Crippen LogP contribution < -0.4 is 4.72 Å². The standard InChI is InChI=1S/C20H28ClN5O8S/c1-7-32-17(27)16-23-14(15-12(2)8-22-18(21)24-15)10-26(16)9-13(11-31-6)25-35(29,30)34-19(28)33-20(3,4)5/h8,10,13,25H,7,9,11H2,1-6H3/t13-/m1/s1. The van der Waals surface area contributed by atoms with E-state index in [1.807, 2.05) is 0 Å². The molecule has 0 unspecified atom stereocenters. The van der Waals surface area contributed by atoms with E-state index in [2.05, 4.69) is 23.9 Å². The van der Waals surface area contributed by atoms with Crippen molar-refractivity contribution in [1.29, 1.82) is 0 Å². The van der Waals surface area contributed by atoms with Crippen LogP contribution in [0.5, 0.6) is 0 Å². The Balaban J connectivity index is 2.35. The first-order valence-electron chi connectivity index (χ1n) is 10.4. The molecule has 2 rings (SSSR count). The zero-order valence-corrected chi connectivity index (χ0v) is 21.8. The van der Waals surface area contributed by atoms with Gasteiger partial charge in [-0.15, -0.1) is 0 Å². The third-order valence-corrected chi connectivity index (χ3v) is 5.24. The quantitative estimate of drug-likeness (QED) is 0.352. The number of aryl methyl sites for hydroxylation is 1. The van der Waals surface area contributed by atoms with Crippen molar-refractivity contribution in [3.63, 3.8) is 0 Å². The topological polar surface area (TPSA) is 161 Å². The third kappa shape index (κ3) is 8.72. The van der Waals surface area contributed by atoms with Crippen molar-refractivity contribution in [2.24, 2.45) is 0 Å². The summed E-state index contributed by atoms with van der Waals surface area (Å²) in [4.78, 5) is 36.7. The largest absolute Gasteiger partial charge is 0.525 e. The molecule has 15 heteroatoms. The SMILES string of the molecule is CCOC(=O)c1nc(-c2nc(Cl)ncc2C)cn1C[C@H](COC)NS(=O)(=O)OC(=O)OC(C)(C)C. The van der Waals surface area contributed by atoms with E-state index in [9.17, 15) is 18.0 Å². The lowest BCUT2D eigenvalue weighted by Crippen LogP contribution is -2.43. The fraction of sp³-hybridized carbons (Fsp3) is 0.550. The Hall–Kier alpha value is -2.81. The van der Waals surface area contributed by atoms with E-state index in [-0.39, 0.29) is 30.9 Å². The molecule has 0 aliphatic heterocycles. The number of rotatable bonds is 10. The van der Waals surface area contributed by atoms with Crippen molar-refractivity contribution in [2.45, 2.75) is 52.8 Å². The average Bonchev–Trinajstić information content (AvgIpc) is 3.11. The number of aromatic nitrogens is 4. The minimum atomic E-state index is -4.59. The summed E-state index contributed by atoms with van der Waals surface area (Å²) in [5, 5.41) is -0.0119. The van der Waals surface area contributed by atoms with Gasteiger partial charge in [-0.1, -0.05) is 0 Å². The number of carbonyl (C=O) groups excluding carboxylic acids is 2. The highest BCUT2D eigenvalue weighted by molar-refractivity contribution is 7.85. The molecule has 2 aromatic rings. The van der Waals surface area contributed by atoms with Gasteiger partial charge in [0.05, 0.1) is 24.9 Å². The van der Waals surface area contributed by atoms with Crippen LogP contribution in [0.15, 0.2) is 12.4 Å². The third-order valence-electron chi connectivity index (χ3n) is 4.08. The predicted octanol–water partition coefficient (Wildman–Crippen LogP) is 2.28. The molecule has 0 amide bonds. The number of carbonyl (C=O) groups is 2. The van der Waals surface area contributed by atoms with E-state index in [0.29, 0.717) is 17.0 Å². The van der Waals surface area contributed by atoms with Crippen LogP contribution in [0.3, 0.4) is 0 Å². The number of nitrogens with one attached hydrogen (secondary N) is 1. The molecular formula is C20H28ClN5O8S. The van der Waals surface area contributed by atoms with Gasteiger partial charge in [0.1, 0.15) is 11.3 Å². The zero-order chi connectivity index (χ0) is 26.4. The van der Waals surface area contributed by atoms with Gasteiger partial charge in [-0.3, -0.25) is 4.18 Å². The first-order chi connectivity index (χ1) is 16.2. The number of hydrogen-bond donors (Lipinski definition) is 1. The maximum atomic E-state index is 12.5. The summed E-state index contributed by atoms with van der Waals surface area (Å²) >= 11 is 5.91. The van der Waals surface area contributed by atoms with Crippen molar-refractivity contribution in [3.8, 4) is 11.4 Å². The number of hydrogen-bond acceptors (Lipinski definition) is 11. The van der Waals surface area contributed by atoms with Gasteiger partial charge in [0.2, 0.25) is 11.1 Å². The molecule has 0 radical (unpaired) electrons. The Morgan fingerprint density at radius 2 is 1.94 bits per heavy atom. The summed E-state index contributed by atoms with van der Waals surface area (Å²) in [7, 11) is -3.23. The summed E-state index contributed by atoms with van der Waals surface area (Å²) in [6.45, 7) is 7.87. The number of ether oxygens (including phenoxy) is 3. The van der Waals surface area contributed by atoms with E-state index in [1.54, 1.807) is 34.6 Å². The number of esters is 1. The van der Waals surface area contributed by atoms with Gasteiger partial charge in [-0.05, 0) is 51.8 Å². The molecule has 1 atom stereocenters. The number of imidazole rings is 1. The van der Waals surface area contributed by atoms with Gasteiger partial charge in [-0.2, -0.15) is 13.1 Å². The molecule has 0 saturated carbocycles. The lowest BCUT2D eigenvalue weighted by Gasteiger charge is -2.21. The second-order valence-electron chi connectivity index (χ2n) is 8.27. The van der Waals surface area contributed by atoms with Gasteiger partial charge in [0.25, 0.3) is 0 Å². The van der Waals surface area contributed by atoms with Crippen LogP contribution in [-0.2, 0) is 35.2 Å². The van der Waals surface area contributed by atoms with E-state index in [0.717, 1.165) is 0 Å². The van der Waals surface area contributed by atoms with Crippen molar-refractivity contribution in [2.75, 3.05) is 20.3 Å². The van der Waals surface area contributed by atoms with E-state index >= 15 is 0 Å². The molecule has 1 N–H and O–H groups in total. The monoisotopic (exact) mass is 533 g/mol. The summed E-state index contributed by atoms with van der Waals surface area (Å²) < 4.78 is 47.9. The maximum absolute atomic E-state index is 12.5. The minimum Gasteiger partial charge on any atom is -0.460 e. The summed E-state index contributed by atoms with van der Waals surface area (Å²) in [6.07, 6.45) is 1.60. The van der Waals surface area contributed by atoms with E-state index < -0.39 is 34.1 Å². The van der Waals surface area contributed by atoms with Crippen LogP contribution in [0, 0.1) is 6.92 Å². The first kappa shape index (κ1) is 28.4. The van der Waals surface area contributed by atoms with Gasteiger partial charge in [-0.25, -0.2) is 24.5 Å². The number of halogens is 1. The fourth-order valence-electron chi connectivity index (χ4n) is 2.85. The Morgan fingerprint density at radius 3 is 2.54 bits per heavy atom. The molecule has 0 bridgehead atoms. The van der Waals surface area contributed by atoms with Crippen molar-refractivity contribution in [3.05, 3.63) is 29.1 Å². The van der Waals surface area contributed by atoms with E-state index in [4.69, 9.17) is 25.8 Å². The maximum Gasteiger partial charge on any atom is 0.525 e. The average molecular weight is 534 g/mol. The molecular weight excluding hydrogens is 506 g/mol. The first-order valence-corrected chi connectivity index (χ1v) is 12.2. The van der Waals surface area contributed by atoms with E-state index in [1.165, 1.54) is 24.1 Å². The Kier molecular flexibility index (Phi) is 9.54. The normalized spacial score (nSPS) is 12.8. The van der Waals surface area contributed by atoms with Crippen LogP contribution in [0.4, 0.5) is 4.79 Å².